The van der Waals surface area contributed by atoms with Gasteiger partial charge in [0, 0.05) is 13.4 Å². The molecule has 0 aliphatic rings. The lowest BCUT2D eigenvalue weighted by atomic mass is 9.87. The predicted molar refractivity (Wildman–Crippen MR) is 68.2 cm³/mol. The normalized spacial score (nSPS) is 11.8. The van der Waals surface area contributed by atoms with E-state index in [9.17, 15) is 0 Å². The first-order valence-corrected chi connectivity index (χ1v) is 6.36. The van der Waals surface area contributed by atoms with E-state index < -0.39 is 0 Å². The molecule has 0 aliphatic heterocycles. The van der Waals surface area contributed by atoms with E-state index in [1.807, 2.05) is 0 Å². The first-order valence-electron chi connectivity index (χ1n) is 3.98. The smallest absolute Gasteiger partial charge is 0.0462 e. The molecular weight excluding hydrogens is 360 g/mol. The highest BCUT2D eigenvalue weighted by Gasteiger charge is 2.19. The molecule has 0 N–H and O–H groups in total. The second-order valence-electron chi connectivity index (χ2n) is 3.97. The highest BCUT2D eigenvalue weighted by atomic mass is 79.9. The van der Waals surface area contributed by atoms with E-state index in [0.717, 1.165) is 13.4 Å². The first-order chi connectivity index (χ1) is 5.84. The fraction of sp³-hybridized carbons (Fsp3) is 0.400. The van der Waals surface area contributed by atoms with Crippen molar-refractivity contribution < 1.29 is 0 Å². The van der Waals surface area contributed by atoms with Gasteiger partial charge >= 0.3 is 0 Å². The van der Waals surface area contributed by atoms with Crippen LogP contribution in [0.15, 0.2) is 25.6 Å². The zero-order chi connectivity index (χ0) is 10.2. The second kappa shape index (κ2) is 4.03. The summed E-state index contributed by atoms with van der Waals surface area (Å²) in [5, 5.41) is 0. The molecular formula is C10H11Br3. The van der Waals surface area contributed by atoms with Gasteiger partial charge in [-0.25, -0.2) is 0 Å². The quantitative estimate of drug-likeness (QED) is 0.545. The standard InChI is InChI=1S/C10H11Br3/c1-10(2,3)6-4-5-7(11)9(13)8(6)12/h4-5H,1-3H3. The van der Waals surface area contributed by atoms with Gasteiger partial charge in [0.05, 0.1) is 0 Å². The number of halogens is 3. The lowest BCUT2D eigenvalue weighted by Crippen LogP contribution is -2.12. The molecule has 0 bridgehead atoms. The summed E-state index contributed by atoms with van der Waals surface area (Å²) in [7, 11) is 0. The maximum absolute atomic E-state index is 3.59. The molecule has 13 heavy (non-hydrogen) atoms. The first kappa shape index (κ1) is 11.7. The predicted octanol–water partition coefficient (Wildman–Crippen LogP) is 5.27. The second-order valence-corrected chi connectivity index (χ2v) is 6.41. The molecule has 0 aromatic heterocycles. The van der Waals surface area contributed by atoms with Crippen molar-refractivity contribution in [2.45, 2.75) is 26.2 Å². The summed E-state index contributed by atoms with van der Waals surface area (Å²) in [6, 6.07) is 4.20. The average molecular weight is 371 g/mol. The van der Waals surface area contributed by atoms with E-state index in [-0.39, 0.29) is 5.41 Å². The molecule has 72 valence electrons. The van der Waals surface area contributed by atoms with Gasteiger partial charge in [-0.2, -0.15) is 0 Å². The fourth-order valence-corrected chi connectivity index (χ4v) is 2.99. The zero-order valence-corrected chi connectivity index (χ0v) is 12.5. The summed E-state index contributed by atoms with van der Waals surface area (Å²) < 4.78 is 3.29. The molecule has 0 saturated carbocycles. The Balaban J connectivity index is 3.35. The van der Waals surface area contributed by atoms with E-state index in [2.05, 4.69) is 80.7 Å². The molecule has 0 spiro atoms. The summed E-state index contributed by atoms with van der Waals surface area (Å²) in [6.45, 7) is 6.61. The van der Waals surface area contributed by atoms with Crippen molar-refractivity contribution in [1.29, 1.82) is 0 Å². The van der Waals surface area contributed by atoms with E-state index in [4.69, 9.17) is 0 Å². The lowest BCUT2D eigenvalue weighted by molar-refractivity contribution is 0.586. The fourth-order valence-electron chi connectivity index (χ4n) is 1.11. The van der Waals surface area contributed by atoms with Gasteiger partial charge in [-0.1, -0.05) is 26.8 Å². The Morgan fingerprint density at radius 3 is 1.92 bits per heavy atom. The minimum Gasteiger partial charge on any atom is -0.0562 e. The third-order valence-electron chi connectivity index (χ3n) is 1.84. The Morgan fingerprint density at radius 1 is 0.923 bits per heavy atom. The lowest BCUT2D eigenvalue weighted by Gasteiger charge is -2.21. The van der Waals surface area contributed by atoms with Crippen molar-refractivity contribution in [3.63, 3.8) is 0 Å². The molecule has 0 atom stereocenters. The van der Waals surface area contributed by atoms with Gasteiger partial charge in [-0.15, -0.1) is 0 Å². The Hall–Kier alpha value is 0.660. The van der Waals surface area contributed by atoms with Crippen LogP contribution in [0.25, 0.3) is 0 Å². The van der Waals surface area contributed by atoms with Crippen molar-refractivity contribution in [1.82, 2.24) is 0 Å². The van der Waals surface area contributed by atoms with Gasteiger partial charge in [0.25, 0.3) is 0 Å². The molecule has 1 rings (SSSR count). The topological polar surface area (TPSA) is 0 Å². The maximum Gasteiger partial charge on any atom is 0.0462 e. The molecule has 0 radical (unpaired) electrons. The third kappa shape index (κ3) is 2.57. The largest absolute Gasteiger partial charge is 0.0562 e. The van der Waals surface area contributed by atoms with Crippen LogP contribution < -0.4 is 0 Å². The van der Waals surface area contributed by atoms with E-state index in [0.29, 0.717) is 0 Å². The molecule has 0 saturated heterocycles. The van der Waals surface area contributed by atoms with E-state index in [1.165, 1.54) is 5.56 Å². The van der Waals surface area contributed by atoms with Crippen LogP contribution in [-0.2, 0) is 5.41 Å². The van der Waals surface area contributed by atoms with Gasteiger partial charge in [0.1, 0.15) is 0 Å². The Bertz CT molecular complexity index is 324. The highest BCUT2D eigenvalue weighted by Crippen LogP contribution is 2.38. The minimum atomic E-state index is 0.169. The molecule has 0 aliphatic carbocycles. The van der Waals surface area contributed by atoms with Crippen LogP contribution in [0.1, 0.15) is 26.3 Å². The van der Waals surface area contributed by atoms with Gasteiger partial charge in [-0.05, 0) is 64.8 Å². The maximum atomic E-state index is 3.59. The number of hydrogen-bond donors (Lipinski definition) is 0. The average Bonchev–Trinajstić information content (AvgIpc) is 1.98. The summed E-state index contributed by atoms with van der Waals surface area (Å²) in [5.41, 5.74) is 1.48. The molecule has 1 aromatic carbocycles. The van der Waals surface area contributed by atoms with Crippen LogP contribution >= 0.6 is 47.8 Å². The minimum absolute atomic E-state index is 0.169. The van der Waals surface area contributed by atoms with Crippen molar-refractivity contribution in [3.8, 4) is 0 Å². The third-order valence-corrected chi connectivity index (χ3v) is 5.22. The summed E-state index contributed by atoms with van der Waals surface area (Å²) in [5.74, 6) is 0. The monoisotopic (exact) mass is 368 g/mol. The van der Waals surface area contributed by atoms with Crippen molar-refractivity contribution in [2.75, 3.05) is 0 Å². The van der Waals surface area contributed by atoms with Crippen LogP contribution in [0.5, 0.6) is 0 Å². The highest BCUT2D eigenvalue weighted by molar-refractivity contribution is 9.14. The van der Waals surface area contributed by atoms with Crippen LogP contribution in [0.3, 0.4) is 0 Å². The molecule has 0 unspecified atom stereocenters. The molecule has 0 fully saturated rings. The molecule has 0 heterocycles. The van der Waals surface area contributed by atoms with Crippen LogP contribution in [-0.4, -0.2) is 0 Å². The van der Waals surface area contributed by atoms with Gasteiger partial charge < -0.3 is 0 Å². The van der Waals surface area contributed by atoms with E-state index in [1.54, 1.807) is 0 Å². The van der Waals surface area contributed by atoms with Crippen molar-refractivity contribution in [2.24, 2.45) is 0 Å². The van der Waals surface area contributed by atoms with Gasteiger partial charge in [-0.3, -0.25) is 0 Å². The van der Waals surface area contributed by atoms with Crippen molar-refractivity contribution in [3.05, 3.63) is 31.1 Å². The summed E-state index contributed by atoms with van der Waals surface area (Å²) in [6.07, 6.45) is 0. The number of rotatable bonds is 0. The molecule has 0 amide bonds. The summed E-state index contributed by atoms with van der Waals surface area (Å²) >= 11 is 10.6. The molecule has 1 aromatic rings. The molecule has 0 nitrogen and oxygen atoms in total. The number of benzene rings is 1. The Kier molecular flexibility index (Phi) is 3.64. The van der Waals surface area contributed by atoms with Gasteiger partial charge in [0.2, 0.25) is 0 Å². The van der Waals surface area contributed by atoms with Crippen molar-refractivity contribution >= 4 is 47.8 Å². The van der Waals surface area contributed by atoms with Crippen LogP contribution in [0.4, 0.5) is 0 Å². The number of hydrogen-bond acceptors (Lipinski definition) is 0. The van der Waals surface area contributed by atoms with Gasteiger partial charge in [0.15, 0.2) is 0 Å². The van der Waals surface area contributed by atoms with E-state index >= 15 is 0 Å². The SMILES string of the molecule is CC(C)(C)c1ccc(Br)c(Br)c1Br. The molecule has 3 heteroatoms. The van der Waals surface area contributed by atoms with Crippen LogP contribution in [0, 0.1) is 0 Å². The zero-order valence-electron chi connectivity index (χ0n) is 7.79. The van der Waals surface area contributed by atoms with Crippen LogP contribution in [0.2, 0.25) is 0 Å². The summed E-state index contributed by atoms with van der Waals surface area (Å²) in [4.78, 5) is 0. The Labute approximate surface area is 104 Å². The Morgan fingerprint density at radius 2 is 1.46 bits per heavy atom.